The summed E-state index contributed by atoms with van der Waals surface area (Å²) in [5, 5.41) is 9.18. The molecule has 0 fully saturated rings. The van der Waals surface area contributed by atoms with Crippen molar-refractivity contribution in [2.45, 2.75) is 25.9 Å². The molecule has 0 aliphatic rings. The second-order valence-corrected chi connectivity index (χ2v) is 2.74. The molecule has 0 aromatic heterocycles. The number of hydrogen-bond donors (Lipinski definition) is 1. The standard InChI is InChI=1S/C9H17O4/c1-3-4-5-12-6-9(11)7-13-8(2)10/h9,11H,1,3-7H2,2H3. The van der Waals surface area contributed by atoms with Gasteiger partial charge in [-0.1, -0.05) is 13.3 Å². The summed E-state index contributed by atoms with van der Waals surface area (Å²) in [5.74, 6) is -0.392. The van der Waals surface area contributed by atoms with Gasteiger partial charge in [-0.2, -0.15) is 0 Å². The largest absolute Gasteiger partial charge is 0.463 e. The molecule has 1 N–H and O–H groups in total. The van der Waals surface area contributed by atoms with Crippen molar-refractivity contribution in [1.82, 2.24) is 0 Å². The van der Waals surface area contributed by atoms with Gasteiger partial charge >= 0.3 is 5.97 Å². The van der Waals surface area contributed by atoms with Gasteiger partial charge in [-0.15, -0.1) is 0 Å². The lowest BCUT2D eigenvalue weighted by Crippen LogP contribution is -2.23. The first-order valence-corrected chi connectivity index (χ1v) is 4.35. The molecule has 13 heavy (non-hydrogen) atoms. The van der Waals surface area contributed by atoms with Crippen LogP contribution in [0.5, 0.6) is 0 Å². The van der Waals surface area contributed by atoms with Crippen LogP contribution in [-0.2, 0) is 14.3 Å². The van der Waals surface area contributed by atoms with Crippen LogP contribution >= 0.6 is 0 Å². The molecule has 0 aromatic rings. The molecule has 0 aromatic carbocycles. The first-order valence-electron chi connectivity index (χ1n) is 4.35. The number of aliphatic hydroxyl groups excluding tert-OH is 1. The van der Waals surface area contributed by atoms with Crippen molar-refractivity contribution in [3.63, 3.8) is 0 Å². The zero-order valence-electron chi connectivity index (χ0n) is 7.99. The minimum absolute atomic E-state index is 0.000289. The Bertz CT molecular complexity index is 136. The van der Waals surface area contributed by atoms with Crippen LogP contribution in [0.1, 0.15) is 19.8 Å². The maximum Gasteiger partial charge on any atom is 0.302 e. The summed E-state index contributed by atoms with van der Waals surface area (Å²) >= 11 is 0. The van der Waals surface area contributed by atoms with Gasteiger partial charge in [0, 0.05) is 13.5 Å². The Hall–Kier alpha value is -0.610. The summed E-state index contributed by atoms with van der Waals surface area (Å²) in [7, 11) is 0. The molecule has 0 saturated carbocycles. The van der Waals surface area contributed by atoms with Gasteiger partial charge in [0.25, 0.3) is 0 Å². The molecule has 0 heterocycles. The maximum absolute atomic E-state index is 10.3. The molecule has 77 valence electrons. The first-order chi connectivity index (χ1) is 6.16. The summed E-state index contributed by atoms with van der Waals surface area (Å²) in [4.78, 5) is 10.3. The molecule has 0 rings (SSSR count). The molecule has 0 bridgehead atoms. The lowest BCUT2D eigenvalue weighted by Gasteiger charge is -2.10. The van der Waals surface area contributed by atoms with Gasteiger partial charge in [0.15, 0.2) is 0 Å². The Morgan fingerprint density at radius 3 is 2.77 bits per heavy atom. The summed E-state index contributed by atoms with van der Waals surface area (Å²) in [6.45, 7) is 5.74. The Labute approximate surface area is 78.8 Å². The molecule has 0 saturated heterocycles. The van der Waals surface area contributed by atoms with Crippen LogP contribution in [0.2, 0.25) is 0 Å². The quantitative estimate of drug-likeness (QED) is 0.469. The topological polar surface area (TPSA) is 55.8 Å². The predicted molar refractivity (Wildman–Crippen MR) is 48.0 cm³/mol. The smallest absolute Gasteiger partial charge is 0.302 e. The van der Waals surface area contributed by atoms with Crippen LogP contribution < -0.4 is 0 Å². The highest BCUT2D eigenvalue weighted by atomic mass is 16.5. The van der Waals surface area contributed by atoms with Crippen molar-refractivity contribution < 1.29 is 19.4 Å². The average Bonchev–Trinajstić information content (AvgIpc) is 2.09. The Morgan fingerprint density at radius 1 is 1.54 bits per heavy atom. The number of carbonyl (C=O) groups excluding carboxylic acids is 1. The minimum atomic E-state index is -0.728. The molecule has 4 nitrogen and oxygen atoms in total. The van der Waals surface area contributed by atoms with Crippen LogP contribution in [0.15, 0.2) is 0 Å². The van der Waals surface area contributed by atoms with Crippen LogP contribution in [-0.4, -0.2) is 37.0 Å². The third kappa shape index (κ3) is 9.30. The second-order valence-electron chi connectivity index (χ2n) is 2.74. The van der Waals surface area contributed by atoms with Crippen LogP contribution in [0.25, 0.3) is 0 Å². The van der Waals surface area contributed by atoms with E-state index in [2.05, 4.69) is 11.7 Å². The second kappa shape index (κ2) is 8.01. The average molecular weight is 189 g/mol. The van der Waals surface area contributed by atoms with Gasteiger partial charge in [0.1, 0.15) is 12.7 Å². The number of ether oxygens (including phenoxy) is 2. The van der Waals surface area contributed by atoms with Crippen LogP contribution in [0.3, 0.4) is 0 Å². The molecule has 1 atom stereocenters. The molecule has 0 spiro atoms. The highest BCUT2D eigenvalue weighted by Crippen LogP contribution is 1.91. The van der Waals surface area contributed by atoms with E-state index in [0.29, 0.717) is 6.61 Å². The van der Waals surface area contributed by atoms with E-state index in [0.717, 1.165) is 12.8 Å². The number of hydrogen-bond acceptors (Lipinski definition) is 4. The maximum atomic E-state index is 10.3. The van der Waals surface area contributed by atoms with Gasteiger partial charge < -0.3 is 14.6 Å². The van der Waals surface area contributed by atoms with Gasteiger partial charge in [-0.05, 0) is 6.42 Å². The van der Waals surface area contributed by atoms with E-state index in [9.17, 15) is 9.90 Å². The van der Waals surface area contributed by atoms with Crippen molar-refractivity contribution in [1.29, 1.82) is 0 Å². The minimum Gasteiger partial charge on any atom is -0.463 e. The molecule has 0 amide bonds. The molecule has 1 unspecified atom stereocenters. The zero-order valence-corrected chi connectivity index (χ0v) is 7.99. The van der Waals surface area contributed by atoms with Crippen LogP contribution in [0.4, 0.5) is 0 Å². The van der Waals surface area contributed by atoms with E-state index in [1.54, 1.807) is 0 Å². The fraction of sp³-hybridized carbons (Fsp3) is 0.778. The fourth-order valence-electron chi connectivity index (χ4n) is 0.685. The lowest BCUT2D eigenvalue weighted by molar-refractivity contribution is -0.145. The highest BCUT2D eigenvalue weighted by Gasteiger charge is 2.05. The van der Waals surface area contributed by atoms with E-state index in [1.165, 1.54) is 6.92 Å². The Kier molecular flexibility index (Phi) is 7.63. The monoisotopic (exact) mass is 189 g/mol. The SMILES string of the molecule is [CH2]CCCOCC(O)COC(C)=O. The third-order valence-electron chi connectivity index (χ3n) is 1.33. The van der Waals surface area contributed by atoms with Crippen molar-refractivity contribution in [2.24, 2.45) is 0 Å². The van der Waals surface area contributed by atoms with E-state index in [1.807, 2.05) is 0 Å². The normalized spacial score (nSPS) is 12.5. The molecule has 1 radical (unpaired) electrons. The molecule has 0 aliphatic heterocycles. The van der Waals surface area contributed by atoms with Crippen molar-refractivity contribution >= 4 is 5.97 Å². The van der Waals surface area contributed by atoms with Crippen molar-refractivity contribution in [2.75, 3.05) is 19.8 Å². The molecule has 0 aliphatic carbocycles. The highest BCUT2D eigenvalue weighted by molar-refractivity contribution is 5.65. The van der Waals surface area contributed by atoms with Crippen molar-refractivity contribution in [3.8, 4) is 0 Å². The Balaban J connectivity index is 3.19. The number of aliphatic hydroxyl groups is 1. The third-order valence-corrected chi connectivity index (χ3v) is 1.33. The number of esters is 1. The molecule has 4 heteroatoms. The van der Waals surface area contributed by atoms with E-state index < -0.39 is 12.1 Å². The Morgan fingerprint density at radius 2 is 2.23 bits per heavy atom. The van der Waals surface area contributed by atoms with Gasteiger partial charge in [0.2, 0.25) is 0 Å². The summed E-state index contributed by atoms with van der Waals surface area (Å²) in [6.07, 6.45) is 0.967. The van der Waals surface area contributed by atoms with Crippen LogP contribution in [0, 0.1) is 6.92 Å². The van der Waals surface area contributed by atoms with E-state index in [4.69, 9.17) is 4.74 Å². The van der Waals surface area contributed by atoms with Gasteiger partial charge in [0.05, 0.1) is 6.61 Å². The van der Waals surface area contributed by atoms with Crippen molar-refractivity contribution in [3.05, 3.63) is 6.92 Å². The lowest BCUT2D eigenvalue weighted by atomic mass is 10.3. The van der Waals surface area contributed by atoms with Gasteiger partial charge in [-0.25, -0.2) is 0 Å². The van der Waals surface area contributed by atoms with E-state index in [-0.39, 0.29) is 13.2 Å². The predicted octanol–water partition coefficient (Wildman–Crippen LogP) is 0.541. The summed E-state index contributed by atoms with van der Waals surface area (Å²) in [6, 6.07) is 0. The fourth-order valence-corrected chi connectivity index (χ4v) is 0.685. The van der Waals surface area contributed by atoms with Gasteiger partial charge in [-0.3, -0.25) is 4.79 Å². The number of unbranched alkanes of at least 4 members (excludes halogenated alkanes) is 1. The molecular formula is C9H17O4. The molecular weight excluding hydrogens is 172 g/mol. The summed E-state index contributed by atoms with van der Waals surface area (Å²) in [5.41, 5.74) is 0. The summed E-state index contributed by atoms with van der Waals surface area (Å²) < 4.78 is 9.67. The number of rotatable bonds is 7. The number of carbonyl (C=O) groups is 1. The zero-order chi connectivity index (χ0) is 10.1. The first kappa shape index (κ1) is 12.4. The van der Waals surface area contributed by atoms with E-state index >= 15 is 0 Å².